The lowest BCUT2D eigenvalue weighted by Crippen LogP contribution is -2.39. The number of nitrogens with one attached hydrogen (secondary N) is 1. The highest BCUT2D eigenvalue weighted by molar-refractivity contribution is 5.69. The van der Waals surface area contributed by atoms with Gasteiger partial charge in [-0.1, -0.05) is 0 Å². The van der Waals surface area contributed by atoms with Gasteiger partial charge >= 0.3 is 5.97 Å². The molecule has 6 nitrogen and oxygen atoms in total. The Morgan fingerprint density at radius 1 is 1.25 bits per heavy atom. The van der Waals surface area contributed by atoms with Gasteiger partial charge in [-0.3, -0.25) is 9.59 Å². The van der Waals surface area contributed by atoms with E-state index in [0.29, 0.717) is 12.1 Å². The second-order valence-corrected chi connectivity index (χ2v) is 3.91. The lowest BCUT2D eigenvalue weighted by molar-refractivity contribution is -0.136. The number of carboxylic acids is 2. The van der Waals surface area contributed by atoms with E-state index in [2.05, 4.69) is 5.32 Å². The molecule has 16 heavy (non-hydrogen) atoms. The van der Waals surface area contributed by atoms with Crippen molar-refractivity contribution in [1.82, 2.24) is 5.32 Å². The van der Waals surface area contributed by atoms with Crippen LogP contribution < -0.4 is 11.1 Å². The zero-order chi connectivity index (χ0) is 12.6. The Balaban J connectivity index is 0.000000487. The van der Waals surface area contributed by atoms with E-state index < -0.39 is 11.9 Å². The van der Waals surface area contributed by atoms with Crippen LogP contribution in [0.15, 0.2) is 0 Å². The van der Waals surface area contributed by atoms with Crippen molar-refractivity contribution in [1.29, 1.82) is 0 Å². The Hall–Kier alpha value is -1.14. The summed E-state index contributed by atoms with van der Waals surface area (Å²) in [4.78, 5) is 19.2. The summed E-state index contributed by atoms with van der Waals surface area (Å²) in [6.45, 7) is 1.15. The fraction of sp³-hybridized carbons (Fsp3) is 0.800. The molecule has 94 valence electrons. The van der Waals surface area contributed by atoms with Crippen LogP contribution in [0.3, 0.4) is 0 Å². The second kappa shape index (κ2) is 8.06. The summed E-state index contributed by atoms with van der Waals surface area (Å²) in [6, 6.07) is 0.689. The summed E-state index contributed by atoms with van der Waals surface area (Å²) in [7, 11) is 0. The van der Waals surface area contributed by atoms with Crippen molar-refractivity contribution >= 4 is 11.9 Å². The van der Waals surface area contributed by atoms with Crippen molar-refractivity contribution < 1.29 is 19.8 Å². The van der Waals surface area contributed by atoms with E-state index in [1.165, 1.54) is 0 Å². The fourth-order valence-electron chi connectivity index (χ4n) is 1.55. The van der Waals surface area contributed by atoms with E-state index in [1.54, 1.807) is 0 Å². The van der Waals surface area contributed by atoms with Crippen molar-refractivity contribution in [2.24, 2.45) is 5.73 Å². The first-order valence-electron chi connectivity index (χ1n) is 5.32. The van der Waals surface area contributed by atoms with Gasteiger partial charge in [-0.25, -0.2) is 0 Å². The Kier molecular flexibility index (Phi) is 7.49. The first-order chi connectivity index (χ1) is 7.41. The summed E-state index contributed by atoms with van der Waals surface area (Å²) in [5.41, 5.74) is 5.71. The molecule has 0 heterocycles. The zero-order valence-corrected chi connectivity index (χ0v) is 9.48. The Morgan fingerprint density at radius 2 is 1.69 bits per heavy atom. The predicted octanol–water partition coefficient (Wildman–Crippen LogP) is 0.0214. The SMILES string of the molecule is CC(=O)O.NC1CCC(NCC(=O)O)CC1. The van der Waals surface area contributed by atoms with Crippen molar-refractivity contribution in [3.05, 3.63) is 0 Å². The minimum Gasteiger partial charge on any atom is -0.481 e. The van der Waals surface area contributed by atoms with Gasteiger partial charge in [0.25, 0.3) is 5.97 Å². The minimum absolute atomic E-state index is 0.0693. The second-order valence-electron chi connectivity index (χ2n) is 3.91. The molecule has 1 aliphatic rings. The molecule has 1 saturated carbocycles. The van der Waals surface area contributed by atoms with Crippen molar-refractivity contribution in [2.45, 2.75) is 44.7 Å². The zero-order valence-electron chi connectivity index (χ0n) is 9.48. The molecule has 1 aliphatic carbocycles. The van der Waals surface area contributed by atoms with Crippen LogP contribution in [-0.2, 0) is 9.59 Å². The molecule has 0 amide bonds. The van der Waals surface area contributed by atoms with Crippen molar-refractivity contribution in [2.75, 3.05) is 6.54 Å². The van der Waals surface area contributed by atoms with Gasteiger partial charge in [0.15, 0.2) is 0 Å². The first kappa shape index (κ1) is 14.9. The van der Waals surface area contributed by atoms with E-state index in [9.17, 15) is 4.79 Å². The van der Waals surface area contributed by atoms with Gasteiger partial charge in [0.2, 0.25) is 0 Å². The smallest absolute Gasteiger partial charge is 0.317 e. The van der Waals surface area contributed by atoms with E-state index in [4.69, 9.17) is 20.7 Å². The molecule has 0 aliphatic heterocycles. The third kappa shape index (κ3) is 9.42. The number of carbonyl (C=O) groups is 2. The topological polar surface area (TPSA) is 113 Å². The summed E-state index contributed by atoms with van der Waals surface area (Å²) in [5.74, 6) is -1.62. The van der Waals surface area contributed by atoms with Crippen molar-refractivity contribution in [3.63, 3.8) is 0 Å². The maximum Gasteiger partial charge on any atom is 0.317 e. The highest BCUT2D eigenvalue weighted by Gasteiger charge is 2.18. The molecule has 1 rings (SSSR count). The molecule has 0 spiro atoms. The maximum absolute atomic E-state index is 10.2. The van der Waals surface area contributed by atoms with E-state index >= 15 is 0 Å². The Morgan fingerprint density at radius 3 is 2.06 bits per heavy atom. The number of aliphatic carboxylic acids is 2. The minimum atomic E-state index is -0.833. The largest absolute Gasteiger partial charge is 0.481 e. The lowest BCUT2D eigenvalue weighted by atomic mass is 9.92. The molecule has 5 N–H and O–H groups in total. The van der Waals surface area contributed by atoms with E-state index in [0.717, 1.165) is 32.6 Å². The van der Waals surface area contributed by atoms with Crippen LogP contribution in [0.4, 0.5) is 0 Å². The van der Waals surface area contributed by atoms with Gasteiger partial charge in [0.1, 0.15) is 0 Å². The predicted molar refractivity (Wildman–Crippen MR) is 59.2 cm³/mol. The molecule has 0 aromatic heterocycles. The van der Waals surface area contributed by atoms with Crippen LogP contribution in [0.5, 0.6) is 0 Å². The Bertz CT molecular complexity index is 221. The first-order valence-corrected chi connectivity index (χ1v) is 5.32. The van der Waals surface area contributed by atoms with Crippen LogP contribution in [-0.4, -0.2) is 40.8 Å². The third-order valence-electron chi connectivity index (χ3n) is 2.31. The van der Waals surface area contributed by atoms with Gasteiger partial charge in [-0.05, 0) is 25.7 Å². The van der Waals surface area contributed by atoms with Crippen LogP contribution in [0.2, 0.25) is 0 Å². The molecule has 0 bridgehead atoms. The van der Waals surface area contributed by atoms with Crippen LogP contribution in [0.25, 0.3) is 0 Å². The van der Waals surface area contributed by atoms with Crippen LogP contribution >= 0.6 is 0 Å². The summed E-state index contributed by atoms with van der Waals surface area (Å²) in [5, 5.41) is 18.8. The molecule has 6 heteroatoms. The molecule has 0 aromatic carbocycles. The molecule has 0 radical (unpaired) electrons. The van der Waals surface area contributed by atoms with Crippen molar-refractivity contribution in [3.8, 4) is 0 Å². The summed E-state index contributed by atoms with van der Waals surface area (Å²) in [6.07, 6.45) is 4.04. The molecule has 1 fully saturated rings. The van der Waals surface area contributed by atoms with Gasteiger partial charge < -0.3 is 21.3 Å². The van der Waals surface area contributed by atoms with Crippen LogP contribution in [0, 0.1) is 0 Å². The summed E-state index contributed by atoms with van der Waals surface area (Å²) < 4.78 is 0. The number of rotatable bonds is 3. The van der Waals surface area contributed by atoms with E-state index in [1.807, 2.05) is 0 Å². The maximum atomic E-state index is 10.2. The van der Waals surface area contributed by atoms with Gasteiger partial charge in [-0.15, -0.1) is 0 Å². The third-order valence-corrected chi connectivity index (χ3v) is 2.31. The lowest BCUT2D eigenvalue weighted by Gasteiger charge is -2.26. The molecule has 0 saturated heterocycles. The molecular formula is C10H20N2O4. The normalized spacial score (nSPS) is 24.1. The van der Waals surface area contributed by atoms with Gasteiger partial charge in [0.05, 0.1) is 6.54 Å². The highest BCUT2D eigenvalue weighted by atomic mass is 16.4. The number of hydrogen-bond donors (Lipinski definition) is 4. The van der Waals surface area contributed by atoms with Crippen LogP contribution in [0.1, 0.15) is 32.6 Å². The molecule has 0 aromatic rings. The molecule has 0 atom stereocenters. The number of carboxylic acid groups (broad SMARTS) is 2. The van der Waals surface area contributed by atoms with Gasteiger partial charge in [0, 0.05) is 19.0 Å². The fourth-order valence-corrected chi connectivity index (χ4v) is 1.55. The molecular weight excluding hydrogens is 212 g/mol. The average molecular weight is 232 g/mol. The Labute approximate surface area is 94.8 Å². The monoisotopic (exact) mass is 232 g/mol. The highest BCUT2D eigenvalue weighted by Crippen LogP contribution is 2.16. The average Bonchev–Trinajstić information content (AvgIpc) is 2.16. The number of hydrogen-bond acceptors (Lipinski definition) is 4. The quantitative estimate of drug-likeness (QED) is 0.545. The number of nitrogens with two attached hydrogens (primary N) is 1. The molecule has 0 unspecified atom stereocenters. The standard InChI is InChI=1S/C8H16N2O2.C2H4O2/c9-6-1-3-7(4-2-6)10-5-8(11)12;1-2(3)4/h6-7,10H,1-5,9H2,(H,11,12);1H3,(H,3,4). The summed E-state index contributed by atoms with van der Waals surface area (Å²) >= 11 is 0. The van der Waals surface area contributed by atoms with E-state index in [-0.39, 0.29) is 6.54 Å². The van der Waals surface area contributed by atoms with Gasteiger partial charge in [-0.2, -0.15) is 0 Å².